The van der Waals surface area contributed by atoms with Crippen molar-refractivity contribution in [3.8, 4) is 0 Å². The predicted octanol–water partition coefficient (Wildman–Crippen LogP) is 4.17. The largest absolute Gasteiger partial charge is 0.363 e. The number of carbonyl (C=O) groups excluding carboxylic acids is 5. The van der Waals surface area contributed by atoms with Gasteiger partial charge in [-0.25, -0.2) is 8.42 Å². The summed E-state index contributed by atoms with van der Waals surface area (Å²) >= 11 is 0. The van der Waals surface area contributed by atoms with E-state index in [1.807, 2.05) is 20.8 Å². The fourth-order valence-electron chi connectivity index (χ4n) is 7.83. The number of hydrogen-bond acceptors (Lipinski definition) is 7. The van der Waals surface area contributed by atoms with Crippen LogP contribution in [0.15, 0.2) is 35.2 Å². The van der Waals surface area contributed by atoms with Crippen molar-refractivity contribution < 1.29 is 32.4 Å². The number of likely N-dealkylation sites (tertiary alicyclic amines) is 1. The molecule has 4 aliphatic rings. The molecule has 0 radical (unpaired) electrons. The summed E-state index contributed by atoms with van der Waals surface area (Å²) in [7, 11) is -3.56. The van der Waals surface area contributed by atoms with Gasteiger partial charge in [-0.3, -0.25) is 24.0 Å². The summed E-state index contributed by atoms with van der Waals surface area (Å²) in [6, 6.07) is 7.54. The number of amides is 2. The molecule has 0 aromatic heterocycles. The molecule has 0 spiro atoms. The maximum atomic E-state index is 14.3. The number of Topliss-reactive ketones (excluding diaryl/α,β-unsaturated/α-hetero) is 3. The van der Waals surface area contributed by atoms with E-state index in [-0.39, 0.29) is 64.6 Å². The maximum absolute atomic E-state index is 14.3. The van der Waals surface area contributed by atoms with Crippen molar-refractivity contribution in [3.05, 3.63) is 30.3 Å². The summed E-state index contributed by atoms with van der Waals surface area (Å²) in [5.41, 5.74) is 4.00. The van der Waals surface area contributed by atoms with Crippen LogP contribution in [-0.2, 0) is 33.8 Å². The first kappa shape index (κ1) is 33.5. The van der Waals surface area contributed by atoms with Crippen LogP contribution in [0.3, 0.4) is 0 Å². The first-order valence-corrected chi connectivity index (χ1v) is 18.0. The lowest BCUT2D eigenvalue weighted by Gasteiger charge is -2.37. The normalized spacial score (nSPS) is 26.0. The maximum Gasteiger partial charge on any atom is 0.285 e. The average Bonchev–Trinajstić information content (AvgIpc) is 3.91. The second kappa shape index (κ2) is 11.7. The Morgan fingerprint density at radius 2 is 1.62 bits per heavy atom. The van der Waals surface area contributed by atoms with E-state index in [1.165, 1.54) is 0 Å². The fraction of sp³-hybridized carbons (Fsp3) is 0.686. The summed E-state index contributed by atoms with van der Waals surface area (Å²) in [5, 5.41) is 0. The molecule has 0 bridgehead atoms. The Morgan fingerprint density at radius 1 is 1.00 bits per heavy atom. The minimum Gasteiger partial charge on any atom is -0.363 e. The molecule has 2 unspecified atom stereocenters. The van der Waals surface area contributed by atoms with E-state index in [0.717, 1.165) is 12.8 Å². The van der Waals surface area contributed by atoms with Gasteiger partial charge in [-0.2, -0.15) is 0 Å². The van der Waals surface area contributed by atoms with Crippen molar-refractivity contribution in [2.24, 2.45) is 51.6 Å². The van der Waals surface area contributed by atoms with Crippen LogP contribution in [0.4, 0.5) is 0 Å². The summed E-state index contributed by atoms with van der Waals surface area (Å²) < 4.78 is 26.2. The highest BCUT2D eigenvalue weighted by Gasteiger charge is 2.69. The Kier molecular flexibility index (Phi) is 8.73. The van der Waals surface area contributed by atoms with Crippen molar-refractivity contribution in [3.63, 3.8) is 0 Å². The van der Waals surface area contributed by atoms with Gasteiger partial charge < -0.3 is 10.6 Å². The lowest BCUT2D eigenvalue weighted by atomic mass is 9.75. The molecule has 10 heteroatoms. The highest BCUT2D eigenvalue weighted by atomic mass is 32.2. The van der Waals surface area contributed by atoms with Gasteiger partial charge >= 0.3 is 0 Å². The van der Waals surface area contributed by atoms with E-state index in [0.29, 0.717) is 31.7 Å². The number of fused-ring (bicyclic) bond motifs is 1. The first-order chi connectivity index (χ1) is 20.9. The number of piperidine rings is 1. The third-order valence-corrected chi connectivity index (χ3v) is 13.1. The van der Waals surface area contributed by atoms with E-state index < -0.39 is 50.2 Å². The molecule has 5 rings (SSSR count). The van der Waals surface area contributed by atoms with Crippen molar-refractivity contribution in [2.75, 3.05) is 12.3 Å². The van der Waals surface area contributed by atoms with Crippen LogP contribution in [0.2, 0.25) is 0 Å². The number of carbonyl (C=O) groups is 5. The second-order valence-corrected chi connectivity index (χ2v) is 18.1. The summed E-state index contributed by atoms with van der Waals surface area (Å²) in [5.74, 6) is -3.54. The van der Waals surface area contributed by atoms with Crippen LogP contribution in [0, 0.1) is 45.8 Å². The highest BCUT2D eigenvalue weighted by Crippen LogP contribution is 2.65. The van der Waals surface area contributed by atoms with E-state index >= 15 is 0 Å². The zero-order valence-corrected chi connectivity index (χ0v) is 28.0. The van der Waals surface area contributed by atoms with Crippen LogP contribution in [0.1, 0.15) is 86.0 Å². The van der Waals surface area contributed by atoms with E-state index in [9.17, 15) is 32.4 Å². The van der Waals surface area contributed by atoms with Gasteiger partial charge in [0.1, 0.15) is 5.78 Å². The Balaban J connectivity index is 1.30. The summed E-state index contributed by atoms with van der Waals surface area (Å²) in [6.07, 6.45) is 3.61. The molecule has 2 N–H and O–H groups in total. The van der Waals surface area contributed by atoms with Crippen molar-refractivity contribution >= 4 is 39.0 Å². The molecule has 4 fully saturated rings. The van der Waals surface area contributed by atoms with Crippen LogP contribution in [0.5, 0.6) is 0 Å². The molecule has 2 amide bonds. The zero-order valence-electron chi connectivity index (χ0n) is 27.2. The molecule has 5 atom stereocenters. The SMILES string of the molecule is CC(C)(C)[C@H](CC(=O)CC1(CS(=O)(=O)c2ccccc2)CC1)C(=O)N1CC2[C@@H]([C@H]1C(=O)CC(CC1CC1)C(=O)C(N)=O)C2(C)C. The number of benzene rings is 1. The molecule has 1 aromatic carbocycles. The average molecular weight is 641 g/mol. The van der Waals surface area contributed by atoms with Gasteiger partial charge in [-0.05, 0) is 65.4 Å². The monoisotopic (exact) mass is 640 g/mol. The number of rotatable bonds is 15. The van der Waals surface area contributed by atoms with Gasteiger partial charge in [-0.15, -0.1) is 0 Å². The van der Waals surface area contributed by atoms with Gasteiger partial charge in [0.2, 0.25) is 11.7 Å². The van der Waals surface area contributed by atoms with Gasteiger partial charge in [-0.1, -0.05) is 65.7 Å². The smallest absolute Gasteiger partial charge is 0.285 e. The number of ketones is 3. The topological polar surface area (TPSA) is 149 Å². The quantitative estimate of drug-likeness (QED) is 0.283. The number of nitrogens with two attached hydrogens (primary N) is 1. The minimum absolute atomic E-state index is 0.0317. The van der Waals surface area contributed by atoms with Crippen molar-refractivity contribution in [2.45, 2.75) is 96.9 Å². The minimum atomic E-state index is -3.56. The molecule has 45 heavy (non-hydrogen) atoms. The van der Waals surface area contributed by atoms with Gasteiger partial charge in [0.25, 0.3) is 5.91 Å². The molecule has 1 saturated heterocycles. The number of primary amides is 1. The molecule has 1 aliphatic heterocycles. The Labute approximate surface area is 267 Å². The van der Waals surface area contributed by atoms with E-state index in [4.69, 9.17) is 5.73 Å². The Morgan fingerprint density at radius 3 is 2.16 bits per heavy atom. The number of nitrogens with zero attached hydrogens (tertiary/aromatic N) is 1. The number of sulfone groups is 1. The van der Waals surface area contributed by atoms with Gasteiger partial charge in [0.05, 0.1) is 16.7 Å². The van der Waals surface area contributed by atoms with Gasteiger partial charge in [0.15, 0.2) is 15.6 Å². The van der Waals surface area contributed by atoms with Crippen LogP contribution in [0.25, 0.3) is 0 Å². The molecule has 3 aliphatic carbocycles. The Hall–Kier alpha value is -2.88. The molecule has 246 valence electrons. The molecule has 1 aromatic rings. The first-order valence-electron chi connectivity index (χ1n) is 16.3. The fourth-order valence-corrected chi connectivity index (χ4v) is 9.77. The van der Waals surface area contributed by atoms with Crippen molar-refractivity contribution in [1.82, 2.24) is 4.90 Å². The van der Waals surface area contributed by atoms with Crippen LogP contribution in [-0.4, -0.2) is 60.8 Å². The highest BCUT2D eigenvalue weighted by molar-refractivity contribution is 7.91. The standard InChI is InChI=1S/C35H48N2O7S/c1-33(2,3)25(17-23(38)18-35(13-14-35)20-45(43,44)24-9-7-6-8-10-24)32(42)37-19-26-28(34(26,4)5)29(37)27(39)16-22(15-21-11-12-21)30(40)31(36)41/h6-10,21-22,25-26,28-29H,11-20H2,1-5H3,(H2,36,41)/t22?,25-,26?,28+,29-/m1/s1. The van der Waals surface area contributed by atoms with Crippen LogP contribution < -0.4 is 5.73 Å². The summed E-state index contributed by atoms with van der Waals surface area (Å²) in [6.45, 7) is 10.3. The molecule has 3 saturated carbocycles. The van der Waals surface area contributed by atoms with E-state index in [2.05, 4.69) is 13.8 Å². The molecule has 9 nitrogen and oxygen atoms in total. The molecular weight excluding hydrogens is 592 g/mol. The lowest BCUT2D eigenvalue weighted by molar-refractivity contribution is -0.148. The van der Waals surface area contributed by atoms with E-state index in [1.54, 1.807) is 35.2 Å². The number of hydrogen-bond donors (Lipinski definition) is 1. The lowest BCUT2D eigenvalue weighted by Crippen LogP contribution is -2.51. The molecular formula is C35H48N2O7S. The van der Waals surface area contributed by atoms with Crippen LogP contribution >= 0.6 is 0 Å². The predicted molar refractivity (Wildman–Crippen MR) is 168 cm³/mol. The third-order valence-electron chi connectivity index (χ3n) is 11.1. The van der Waals surface area contributed by atoms with Crippen molar-refractivity contribution in [1.29, 1.82) is 0 Å². The molecule has 1 heterocycles. The zero-order chi connectivity index (χ0) is 33.1. The Bertz CT molecular complexity index is 1490. The third kappa shape index (κ3) is 7.10. The second-order valence-electron chi connectivity index (χ2n) is 16.1. The van der Waals surface area contributed by atoms with Gasteiger partial charge in [0, 0.05) is 37.6 Å². The summed E-state index contributed by atoms with van der Waals surface area (Å²) in [4.78, 5) is 68.1.